The zero-order chi connectivity index (χ0) is 60.3. The van der Waals surface area contributed by atoms with Crippen molar-refractivity contribution < 1.29 is 77.4 Å². The van der Waals surface area contributed by atoms with Gasteiger partial charge in [0.05, 0.1) is 75.9 Å². The van der Waals surface area contributed by atoms with E-state index < -0.39 is 47.9 Å². The van der Waals surface area contributed by atoms with Crippen molar-refractivity contribution in [1.82, 2.24) is 25.9 Å². The fourth-order valence-corrected chi connectivity index (χ4v) is 8.45. The predicted octanol–water partition coefficient (Wildman–Crippen LogP) is 5.25. The van der Waals surface area contributed by atoms with Crippen molar-refractivity contribution in [3.8, 4) is 0 Å². The predicted molar refractivity (Wildman–Crippen MR) is 306 cm³/mol. The van der Waals surface area contributed by atoms with E-state index in [1.807, 2.05) is 6.92 Å². The number of ketones is 4. The molecule has 0 aliphatic heterocycles. The maximum absolute atomic E-state index is 13.1. The van der Waals surface area contributed by atoms with Gasteiger partial charge in [0.2, 0.25) is 17.7 Å². The van der Waals surface area contributed by atoms with Crippen LogP contribution in [-0.4, -0.2) is 169 Å². The van der Waals surface area contributed by atoms with E-state index in [0.29, 0.717) is 96.4 Å². The van der Waals surface area contributed by atoms with Gasteiger partial charge in [-0.2, -0.15) is 0 Å². The zero-order valence-electron chi connectivity index (χ0n) is 49.2. The molecule has 0 aromatic carbocycles. The van der Waals surface area contributed by atoms with Gasteiger partial charge < -0.3 is 66.7 Å². The van der Waals surface area contributed by atoms with Crippen LogP contribution in [0.4, 0.5) is 0 Å². The number of amides is 3. The van der Waals surface area contributed by atoms with Crippen LogP contribution in [0.15, 0.2) is 12.5 Å². The number of primary amides is 1. The number of carboxylic acid groups (broad SMARTS) is 2. The van der Waals surface area contributed by atoms with Crippen molar-refractivity contribution in [3.05, 3.63) is 18.2 Å². The molecule has 1 heterocycles. The summed E-state index contributed by atoms with van der Waals surface area (Å²) in [4.78, 5) is 113. The van der Waals surface area contributed by atoms with Crippen LogP contribution in [0.5, 0.6) is 0 Å². The second kappa shape index (κ2) is 51.8. The number of imidazole rings is 1. The third-order valence-electron chi connectivity index (χ3n) is 13.5. The van der Waals surface area contributed by atoms with E-state index in [0.717, 1.165) is 32.1 Å². The number of nitrogens with two attached hydrogens (primary N) is 2. The number of aromatic amines is 1. The van der Waals surface area contributed by atoms with E-state index in [4.69, 9.17) is 40.6 Å². The summed E-state index contributed by atoms with van der Waals surface area (Å²) in [6.45, 7) is 7.38. The lowest BCUT2D eigenvalue weighted by Crippen LogP contribution is -2.45. The van der Waals surface area contributed by atoms with Gasteiger partial charge in [0.15, 0.2) is 11.6 Å². The number of H-pyrrole nitrogens is 1. The molecule has 23 nitrogen and oxygen atoms in total. The highest BCUT2D eigenvalue weighted by molar-refractivity contribution is 5.88. The average molecular weight is 1150 g/mol. The molecule has 0 fully saturated rings. The van der Waals surface area contributed by atoms with Gasteiger partial charge in [-0.15, -0.1) is 0 Å². The maximum atomic E-state index is 13.1. The number of hydrogen-bond donors (Lipinski definition) is 9. The van der Waals surface area contributed by atoms with Gasteiger partial charge >= 0.3 is 11.9 Å². The lowest BCUT2D eigenvalue weighted by Gasteiger charge is -2.21. The van der Waals surface area contributed by atoms with Crippen molar-refractivity contribution in [2.45, 2.75) is 212 Å². The number of ether oxygens (including phenoxy) is 4. The maximum Gasteiger partial charge on any atom is 0.306 e. The minimum atomic E-state index is -1.00. The molecule has 466 valence electrons. The van der Waals surface area contributed by atoms with Gasteiger partial charge in [0.1, 0.15) is 24.8 Å². The minimum Gasteiger partial charge on any atom is -0.481 e. The van der Waals surface area contributed by atoms with Crippen LogP contribution in [0, 0.1) is 11.8 Å². The second-order valence-corrected chi connectivity index (χ2v) is 20.6. The molecule has 1 rings (SSSR count). The number of rotatable bonds is 56. The Hall–Kier alpha value is -5.04. The summed E-state index contributed by atoms with van der Waals surface area (Å²) in [5.41, 5.74) is 12.1. The molecule has 23 heteroatoms. The number of carbonyl (C=O) groups excluding carboxylic acids is 7. The molecule has 0 aliphatic rings. The number of aliphatic hydroxyl groups is 1. The lowest BCUT2D eigenvalue weighted by molar-refractivity contribution is -0.144. The van der Waals surface area contributed by atoms with Crippen molar-refractivity contribution in [3.63, 3.8) is 0 Å². The normalized spacial score (nSPS) is 13.0. The van der Waals surface area contributed by atoms with E-state index in [1.165, 1.54) is 71.0 Å². The highest BCUT2D eigenvalue weighted by Crippen LogP contribution is 2.17. The fourth-order valence-electron chi connectivity index (χ4n) is 8.45. The summed E-state index contributed by atoms with van der Waals surface area (Å²) in [5.74, 6) is -4.40. The molecule has 0 radical (unpaired) electrons. The van der Waals surface area contributed by atoms with Gasteiger partial charge in [-0.25, -0.2) is 4.98 Å². The summed E-state index contributed by atoms with van der Waals surface area (Å²) in [7, 11) is 0. The highest BCUT2D eigenvalue weighted by Gasteiger charge is 2.26. The SMILES string of the molecule is CCC(=O)NCCOCCOCC(=O)CCCOCCOCC(=O)NCCCC[C@H](NCC(=O)C(N)Cc1cnc[nH]1)C(=O)CC[C@H](C(N)=O)C(C)O.CC[C@H](CC(=O)CCCCCCCCCCCCCCCCC(=O)O)C(=O)O. The number of aliphatic hydroxyl groups excluding tert-OH is 1. The van der Waals surface area contributed by atoms with Crippen molar-refractivity contribution in [2.75, 3.05) is 72.5 Å². The number of carbonyl (C=O) groups is 9. The largest absolute Gasteiger partial charge is 0.481 e. The fraction of sp³-hybridized carbons (Fsp3) is 0.793. The monoisotopic (exact) mass is 1150 g/mol. The molecule has 0 aliphatic carbocycles. The first-order valence-electron chi connectivity index (χ1n) is 29.7. The molecular weight excluding hydrogens is 1050 g/mol. The van der Waals surface area contributed by atoms with Crippen LogP contribution in [0.3, 0.4) is 0 Å². The first kappa shape index (κ1) is 76.0. The average Bonchev–Trinajstić information content (AvgIpc) is 3.94. The summed E-state index contributed by atoms with van der Waals surface area (Å²) in [6.07, 6.45) is 23.0. The van der Waals surface area contributed by atoms with E-state index in [2.05, 4.69) is 25.9 Å². The Labute approximate surface area is 481 Å². The molecule has 0 saturated carbocycles. The summed E-state index contributed by atoms with van der Waals surface area (Å²) < 4.78 is 21.4. The summed E-state index contributed by atoms with van der Waals surface area (Å²) in [6, 6.07) is -1.49. The van der Waals surface area contributed by atoms with Gasteiger partial charge in [-0.05, 0) is 58.3 Å². The molecule has 0 spiro atoms. The number of carboxylic acids is 2. The van der Waals surface area contributed by atoms with Gasteiger partial charge in [-0.3, -0.25) is 43.2 Å². The molecule has 11 N–H and O–H groups in total. The quantitative estimate of drug-likeness (QED) is 0.0376. The molecule has 3 amide bonds. The van der Waals surface area contributed by atoms with Gasteiger partial charge in [0.25, 0.3) is 0 Å². The molecule has 1 aromatic heterocycles. The number of hydrogen-bond acceptors (Lipinski definition) is 17. The Bertz CT molecular complexity index is 1850. The Morgan fingerprint density at radius 3 is 1.72 bits per heavy atom. The van der Waals surface area contributed by atoms with Crippen LogP contribution < -0.4 is 27.4 Å². The lowest BCUT2D eigenvalue weighted by atomic mass is 9.93. The number of aliphatic carboxylic acids is 2. The number of nitrogens with zero attached hydrogens (tertiary/aromatic N) is 1. The van der Waals surface area contributed by atoms with E-state index in [-0.39, 0.29) is 100 Å². The number of nitrogens with one attached hydrogen (secondary N) is 4. The first-order valence-corrected chi connectivity index (χ1v) is 29.7. The third-order valence-corrected chi connectivity index (χ3v) is 13.5. The van der Waals surface area contributed by atoms with Crippen LogP contribution in [0.25, 0.3) is 0 Å². The molecule has 0 saturated heterocycles. The Kier molecular flexibility index (Phi) is 48.6. The Morgan fingerprint density at radius 1 is 0.617 bits per heavy atom. The van der Waals surface area contributed by atoms with Gasteiger partial charge in [-0.1, -0.05) is 90.9 Å². The Balaban J connectivity index is 0.00000192. The summed E-state index contributed by atoms with van der Waals surface area (Å²) in [5, 5.41) is 35.8. The number of Topliss-reactive ketones (excluding diaryl/α,β-unsaturated/α-hetero) is 4. The zero-order valence-corrected chi connectivity index (χ0v) is 49.2. The molecular formula is C58H103N7O16. The van der Waals surface area contributed by atoms with Crippen LogP contribution >= 0.6 is 0 Å². The molecule has 2 unspecified atom stereocenters. The minimum absolute atomic E-state index is 0.00261. The van der Waals surface area contributed by atoms with Crippen molar-refractivity contribution >= 4 is 52.8 Å². The van der Waals surface area contributed by atoms with Crippen molar-refractivity contribution in [2.24, 2.45) is 23.3 Å². The standard InChI is InChI=1S/C35H61N7O11.C23H42O5/c1-3-33(47)40-12-14-51-16-17-52-22-27(44)7-6-13-50-15-18-53-23-34(48)39-11-5-4-8-30(31(45)10-9-28(25(2)43)35(37)49)41-21-32(46)29(36)19-26-20-38-24-42-26;1-2-20(23(27)28)19-21(24)17-15-13-11-9-7-5-3-4-6-8-10-12-14-16-18-22(25)26/h20,24-25,28-30,41,43H,3-19,21-23,36H2,1-2H3,(H2,37,49)(H,38,42)(H,39,48)(H,40,47);20H,2-19H2,1H3,(H,25,26)(H,27,28)/t25?,28-,29?,30-;20-/m01/s1. The summed E-state index contributed by atoms with van der Waals surface area (Å²) >= 11 is 0. The van der Waals surface area contributed by atoms with E-state index >= 15 is 0 Å². The molecule has 5 atom stereocenters. The van der Waals surface area contributed by atoms with Gasteiger partial charge in [0, 0.05) is 76.5 Å². The topological polar surface area (TPSA) is 368 Å². The smallest absolute Gasteiger partial charge is 0.306 e. The van der Waals surface area contributed by atoms with E-state index in [9.17, 15) is 48.3 Å². The highest BCUT2D eigenvalue weighted by atomic mass is 16.5. The number of aromatic nitrogens is 2. The third kappa shape index (κ3) is 46.2. The molecule has 1 aromatic rings. The molecule has 0 bridgehead atoms. The first-order chi connectivity index (χ1) is 38.9. The second-order valence-electron chi connectivity index (χ2n) is 20.6. The van der Waals surface area contributed by atoms with Crippen LogP contribution in [0.2, 0.25) is 0 Å². The van der Waals surface area contributed by atoms with Crippen LogP contribution in [-0.2, 0) is 68.5 Å². The number of unbranched alkanes of at least 4 members (excludes halogenated alkanes) is 14. The Morgan fingerprint density at radius 2 is 1.17 bits per heavy atom. The van der Waals surface area contributed by atoms with E-state index in [1.54, 1.807) is 13.1 Å². The van der Waals surface area contributed by atoms with Crippen molar-refractivity contribution in [1.29, 1.82) is 0 Å². The van der Waals surface area contributed by atoms with Crippen LogP contribution in [0.1, 0.15) is 193 Å². The molecule has 81 heavy (non-hydrogen) atoms.